The van der Waals surface area contributed by atoms with Gasteiger partial charge in [0, 0.05) is 32.4 Å². The van der Waals surface area contributed by atoms with E-state index in [0.29, 0.717) is 44.1 Å². The molecule has 0 N–H and O–H groups in total. The Hall–Kier alpha value is -2.77. The highest BCUT2D eigenvalue weighted by molar-refractivity contribution is 5.97. The highest BCUT2D eigenvalue weighted by Gasteiger charge is 2.32. The summed E-state index contributed by atoms with van der Waals surface area (Å²) < 4.78 is 44.2. The van der Waals surface area contributed by atoms with Crippen molar-refractivity contribution in [2.75, 3.05) is 37.7 Å². The second-order valence-electron chi connectivity index (χ2n) is 6.11. The number of ether oxygens (including phenoxy) is 1. The fourth-order valence-corrected chi connectivity index (χ4v) is 3.00. The number of hydrogen-bond donors (Lipinski definition) is 0. The zero-order valence-electron chi connectivity index (χ0n) is 14.9. The van der Waals surface area contributed by atoms with Gasteiger partial charge in [0.2, 0.25) is 0 Å². The number of rotatable bonds is 4. The molecule has 0 saturated carbocycles. The lowest BCUT2D eigenvalue weighted by atomic mass is 10.1. The number of benzene rings is 1. The van der Waals surface area contributed by atoms with Crippen LogP contribution in [0.25, 0.3) is 0 Å². The summed E-state index contributed by atoms with van der Waals surface area (Å²) in [6.07, 6.45) is -3.24. The highest BCUT2D eigenvalue weighted by atomic mass is 19.4. The second kappa shape index (κ2) is 7.85. The fraction of sp³-hybridized carbons (Fsp3) is 0.368. The molecule has 1 aromatic heterocycles. The molecule has 1 amide bonds. The zero-order chi connectivity index (χ0) is 19.4. The lowest BCUT2D eigenvalue weighted by Crippen LogP contribution is -2.49. The number of amides is 1. The van der Waals surface area contributed by atoms with Crippen molar-refractivity contribution in [2.24, 2.45) is 0 Å². The molecule has 1 aromatic carbocycles. The SMILES string of the molecule is CCOc1ccccc1C(=O)N1CCN(c2cc(C(F)(F)F)ccn2)CC1. The summed E-state index contributed by atoms with van der Waals surface area (Å²) in [6.45, 7) is 3.93. The van der Waals surface area contributed by atoms with Crippen molar-refractivity contribution in [3.63, 3.8) is 0 Å². The first-order valence-electron chi connectivity index (χ1n) is 8.69. The van der Waals surface area contributed by atoms with Crippen LogP contribution >= 0.6 is 0 Å². The van der Waals surface area contributed by atoms with E-state index in [2.05, 4.69) is 4.98 Å². The molecule has 1 saturated heterocycles. The van der Waals surface area contributed by atoms with Crippen LogP contribution in [-0.2, 0) is 6.18 Å². The number of pyridine rings is 1. The van der Waals surface area contributed by atoms with Gasteiger partial charge in [-0.25, -0.2) is 4.98 Å². The number of alkyl halides is 3. The fourth-order valence-electron chi connectivity index (χ4n) is 3.00. The maximum Gasteiger partial charge on any atom is 0.416 e. The van der Waals surface area contributed by atoms with E-state index in [1.165, 1.54) is 0 Å². The Kier molecular flexibility index (Phi) is 5.53. The summed E-state index contributed by atoms with van der Waals surface area (Å²) in [5.41, 5.74) is -0.235. The Morgan fingerprint density at radius 3 is 2.52 bits per heavy atom. The molecule has 1 aliphatic heterocycles. The van der Waals surface area contributed by atoms with E-state index in [1.54, 1.807) is 34.1 Å². The minimum absolute atomic E-state index is 0.143. The van der Waals surface area contributed by atoms with Crippen LogP contribution in [-0.4, -0.2) is 48.6 Å². The van der Waals surface area contributed by atoms with E-state index < -0.39 is 11.7 Å². The van der Waals surface area contributed by atoms with Gasteiger partial charge in [-0.1, -0.05) is 12.1 Å². The zero-order valence-corrected chi connectivity index (χ0v) is 14.9. The minimum atomic E-state index is -4.40. The van der Waals surface area contributed by atoms with E-state index in [4.69, 9.17) is 4.74 Å². The van der Waals surface area contributed by atoms with E-state index in [0.717, 1.165) is 18.3 Å². The molecule has 0 atom stereocenters. The van der Waals surface area contributed by atoms with Crippen molar-refractivity contribution >= 4 is 11.7 Å². The molecule has 1 fully saturated rings. The smallest absolute Gasteiger partial charge is 0.416 e. The largest absolute Gasteiger partial charge is 0.493 e. The summed E-state index contributed by atoms with van der Waals surface area (Å²) in [7, 11) is 0. The van der Waals surface area contributed by atoms with Crippen LogP contribution in [0, 0.1) is 0 Å². The van der Waals surface area contributed by atoms with Crippen molar-refractivity contribution < 1.29 is 22.7 Å². The summed E-state index contributed by atoms with van der Waals surface area (Å²) in [4.78, 5) is 20.3. The average Bonchev–Trinajstić information content (AvgIpc) is 2.68. The molecule has 0 spiro atoms. The number of piperazine rings is 1. The van der Waals surface area contributed by atoms with Gasteiger partial charge in [0.1, 0.15) is 11.6 Å². The van der Waals surface area contributed by atoms with Gasteiger partial charge in [0.25, 0.3) is 5.91 Å². The normalized spacial score (nSPS) is 15.0. The predicted octanol–water partition coefficient (Wildman–Crippen LogP) is 3.46. The minimum Gasteiger partial charge on any atom is -0.493 e. The molecule has 3 rings (SSSR count). The van der Waals surface area contributed by atoms with Crippen LogP contribution in [0.15, 0.2) is 42.6 Å². The topological polar surface area (TPSA) is 45.7 Å². The molecule has 5 nitrogen and oxygen atoms in total. The van der Waals surface area contributed by atoms with Crippen LogP contribution < -0.4 is 9.64 Å². The number of aromatic nitrogens is 1. The van der Waals surface area contributed by atoms with Gasteiger partial charge in [-0.2, -0.15) is 13.2 Å². The van der Waals surface area contributed by atoms with Gasteiger partial charge in [0.05, 0.1) is 17.7 Å². The average molecular weight is 379 g/mol. The number of halogens is 3. The first-order valence-corrected chi connectivity index (χ1v) is 8.69. The van der Waals surface area contributed by atoms with E-state index in [1.807, 2.05) is 6.92 Å². The van der Waals surface area contributed by atoms with Crippen molar-refractivity contribution in [2.45, 2.75) is 13.1 Å². The van der Waals surface area contributed by atoms with Crippen LogP contribution in [0.3, 0.4) is 0 Å². The summed E-state index contributed by atoms with van der Waals surface area (Å²) in [5.74, 6) is 0.661. The van der Waals surface area contributed by atoms with Gasteiger partial charge >= 0.3 is 6.18 Å². The van der Waals surface area contributed by atoms with Crippen LogP contribution in [0.2, 0.25) is 0 Å². The molecular weight excluding hydrogens is 359 g/mol. The molecule has 2 heterocycles. The van der Waals surface area contributed by atoms with Crippen LogP contribution in [0.4, 0.5) is 19.0 Å². The maximum atomic E-state index is 12.9. The maximum absolute atomic E-state index is 12.9. The third-order valence-electron chi connectivity index (χ3n) is 4.38. The van der Waals surface area contributed by atoms with E-state index in [-0.39, 0.29) is 11.7 Å². The molecule has 8 heteroatoms. The Balaban J connectivity index is 1.68. The number of carbonyl (C=O) groups excluding carboxylic acids is 1. The van der Waals surface area contributed by atoms with Gasteiger partial charge in [-0.05, 0) is 31.2 Å². The molecule has 0 radical (unpaired) electrons. The van der Waals surface area contributed by atoms with Crippen molar-refractivity contribution in [3.8, 4) is 5.75 Å². The van der Waals surface area contributed by atoms with Crippen molar-refractivity contribution in [3.05, 3.63) is 53.7 Å². The van der Waals surface area contributed by atoms with Gasteiger partial charge in [0.15, 0.2) is 0 Å². The molecule has 0 unspecified atom stereocenters. The standard InChI is InChI=1S/C19H20F3N3O2/c1-2-27-16-6-4-3-5-15(16)18(26)25-11-9-24(10-12-25)17-13-14(7-8-23-17)19(20,21)22/h3-8,13H,2,9-12H2,1H3. The number of para-hydroxylation sites is 1. The first-order chi connectivity index (χ1) is 12.9. The Labute approximate surface area is 155 Å². The van der Waals surface area contributed by atoms with Crippen LogP contribution in [0.5, 0.6) is 5.75 Å². The van der Waals surface area contributed by atoms with Crippen molar-refractivity contribution in [1.29, 1.82) is 0 Å². The monoisotopic (exact) mass is 379 g/mol. The predicted molar refractivity (Wildman–Crippen MR) is 95.0 cm³/mol. The quantitative estimate of drug-likeness (QED) is 0.816. The number of carbonyl (C=O) groups is 1. The molecule has 2 aromatic rings. The molecule has 1 aliphatic rings. The molecule has 0 bridgehead atoms. The molecule has 27 heavy (non-hydrogen) atoms. The lowest BCUT2D eigenvalue weighted by molar-refractivity contribution is -0.137. The Bertz CT molecular complexity index is 803. The Morgan fingerprint density at radius 1 is 1.15 bits per heavy atom. The highest BCUT2D eigenvalue weighted by Crippen LogP contribution is 2.31. The van der Waals surface area contributed by atoms with Gasteiger partial charge < -0.3 is 14.5 Å². The molecular formula is C19H20F3N3O2. The number of anilines is 1. The van der Waals surface area contributed by atoms with E-state index in [9.17, 15) is 18.0 Å². The van der Waals surface area contributed by atoms with Gasteiger partial charge in [-0.15, -0.1) is 0 Å². The first kappa shape index (κ1) is 19.0. The molecule has 0 aliphatic carbocycles. The van der Waals surface area contributed by atoms with E-state index >= 15 is 0 Å². The Morgan fingerprint density at radius 2 is 1.85 bits per heavy atom. The third kappa shape index (κ3) is 4.32. The second-order valence-corrected chi connectivity index (χ2v) is 6.11. The van der Waals surface area contributed by atoms with Gasteiger partial charge in [-0.3, -0.25) is 4.79 Å². The van der Waals surface area contributed by atoms with Crippen molar-refractivity contribution in [1.82, 2.24) is 9.88 Å². The third-order valence-corrected chi connectivity index (χ3v) is 4.38. The number of hydrogen-bond acceptors (Lipinski definition) is 4. The summed E-state index contributed by atoms with van der Waals surface area (Å²) in [6, 6.07) is 9.04. The number of nitrogens with zero attached hydrogens (tertiary/aromatic N) is 3. The molecule has 144 valence electrons. The lowest BCUT2D eigenvalue weighted by Gasteiger charge is -2.35. The van der Waals surface area contributed by atoms with Crippen LogP contribution in [0.1, 0.15) is 22.8 Å². The summed E-state index contributed by atoms with van der Waals surface area (Å²) in [5, 5.41) is 0. The summed E-state index contributed by atoms with van der Waals surface area (Å²) >= 11 is 0.